The average molecular weight is 522 g/mol. The molecule has 1 heterocycles. The van der Waals surface area contributed by atoms with E-state index >= 15 is 0 Å². The van der Waals surface area contributed by atoms with Crippen LogP contribution in [0.3, 0.4) is 0 Å². The van der Waals surface area contributed by atoms with Gasteiger partial charge in [0.05, 0.1) is 11.5 Å². The number of hydrogen-bond donors (Lipinski definition) is 3. The summed E-state index contributed by atoms with van der Waals surface area (Å²) in [6.07, 6.45) is 0.130. The first-order chi connectivity index (χ1) is 17.3. The number of carbonyl (C=O) groups is 5. The number of amides is 4. The molecular formula is C23H31N5O9. The minimum absolute atomic E-state index is 0.105. The van der Waals surface area contributed by atoms with Gasteiger partial charge < -0.3 is 30.3 Å². The van der Waals surface area contributed by atoms with Crippen LogP contribution in [0.1, 0.15) is 40.5 Å². The molecule has 0 aromatic heterocycles. The highest BCUT2D eigenvalue weighted by Gasteiger charge is 2.37. The second-order valence-electron chi connectivity index (χ2n) is 9.28. The number of non-ortho nitro benzene ring substituents is 1. The molecule has 14 heteroatoms. The zero-order valence-corrected chi connectivity index (χ0v) is 21.1. The molecule has 0 spiro atoms. The zero-order valence-electron chi connectivity index (χ0n) is 21.1. The van der Waals surface area contributed by atoms with E-state index < -0.39 is 65.5 Å². The molecule has 1 aliphatic rings. The van der Waals surface area contributed by atoms with Crippen molar-refractivity contribution in [1.82, 2.24) is 20.9 Å². The monoisotopic (exact) mass is 521 g/mol. The summed E-state index contributed by atoms with van der Waals surface area (Å²) in [5, 5.41) is 17.8. The summed E-state index contributed by atoms with van der Waals surface area (Å²) < 4.78 is 10.3. The summed E-state index contributed by atoms with van der Waals surface area (Å²) in [6.45, 7) is 5.92. The summed E-state index contributed by atoms with van der Waals surface area (Å²) in [5.74, 6) is -2.37. The molecule has 1 aromatic rings. The molecule has 4 amide bonds. The second kappa shape index (κ2) is 12.6. The van der Waals surface area contributed by atoms with Gasteiger partial charge in [-0.3, -0.25) is 24.5 Å². The van der Waals surface area contributed by atoms with Gasteiger partial charge in [-0.2, -0.15) is 0 Å². The Hall–Kier alpha value is -4.23. The lowest BCUT2D eigenvalue weighted by Crippen LogP contribution is -2.52. The molecule has 202 valence electrons. The third-order valence-electron chi connectivity index (χ3n) is 5.06. The van der Waals surface area contributed by atoms with E-state index in [4.69, 9.17) is 9.47 Å². The lowest BCUT2D eigenvalue weighted by Gasteiger charge is -2.26. The standard InChI is InChI=1S/C23H31N5O9/c1-14(26-19(30)13-24-18(29)12-25-22(33)37-23(2,3)4)20(31)27-11-5-6-17(27)21(32)36-16-9-7-15(8-10-16)28(34)35/h7-10,14,17H,5-6,11-13H2,1-4H3,(H,24,29)(H,25,33)(H,26,30). The van der Waals surface area contributed by atoms with Gasteiger partial charge >= 0.3 is 12.1 Å². The highest BCUT2D eigenvalue weighted by molar-refractivity contribution is 5.93. The molecule has 2 atom stereocenters. The van der Waals surface area contributed by atoms with E-state index in [0.717, 1.165) is 0 Å². The minimum atomic E-state index is -0.989. The number of nitrogens with zero attached hydrogens (tertiary/aromatic N) is 2. The van der Waals surface area contributed by atoms with Crippen LogP contribution in [0.2, 0.25) is 0 Å². The number of nitrogens with one attached hydrogen (secondary N) is 3. The quantitative estimate of drug-likeness (QED) is 0.181. The molecule has 0 bridgehead atoms. The Morgan fingerprint density at radius 3 is 2.30 bits per heavy atom. The van der Waals surface area contributed by atoms with E-state index in [1.807, 2.05) is 0 Å². The molecule has 1 fully saturated rings. The van der Waals surface area contributed by atoms with Crippen LogP contribution in [0.15, 0.2) is 24.3 Å². The zero-order chi connectivity index (χ0) is 27.8. The van der Waals surface area contributed by atoms with E-state index in [0.29, 0.717) is 12.8 Å². The van der Waals surface area contributed by atoms with Gasteiger partial charge in [-0.25, -0.2) is 9.59 Å². The number of rotatable bonds is 9. The van der Waals surface area contributed by atoms with Crippen molar-refractivity contribution in [2.24, 2.45) is 0 Å². The smallest absolute Gasteiger partial charge is 0.408 e. The Morgan fingerprint density at radius 2 is 1.70 bits per heavy atom. The average Bonchev–Trinajstić information content (AvgIpc) is 3.30. The summed E-state index contributed by atoms with van der Waals surface area (Å²) in [5.41, 5.74) is -0.878. The van der Waals surface area contributed by atoms with Crippen LogP contribution in [0.25, 0.3) is 0 Å². The Kier molecular flexibility index (Phi) is 9.91. The topological polar surface area (TPSA) is 186 Å². The SMILES string of the molecule is CC(NC(=O)CNC(=O)CNC(=O)OC(C)(C)C)C(=O)N1CCCC1C(=O)Oc1ccc([N+](=O)[O-])cc1. The third kappa shape index (κ3) is 9.39. The molecule has 37 heavy (non-hydrogen) atoms. The number of benzene rings is 1. The molecule has 2 unspecified atom stereocenters. The predicted molar refractivity (Wildman–Crippen MR) is 128 cm³/mol. The first kappa shape index (κ1) is 29.0. The molecule has 3 N–H and O–H groups in total. The lowest BCUT2D eigenvalue weighted by molar-refractivity contribution is -0.384. The number of ether oxygens (including phenoxy) is 2. The Balaban J connectivity index is 1.81. The van der Waals surface area contributed by atoms with Gasteiger partial charge in [-0.05, 0) is 52.7 Å². The van der Waals surface area contributed by atoms with Crippen LogP contribution in [-0.2, 0) is 23.9 Å². The summed E-state index contributed by atoms with van der Waals surface area (Å²) >= 11 is 0. The van der Waals surface area contributed by atoms with Crippen LogP contribution in [0.4, 0.5) is 10.5 Å². The van der Waals surface area contributed by atoms with Crippen molar-refractivity contribution in [3.8, 4) is 5.75 Å². The number of nitro benzene ring substituents is 1. The fourth-order valence-electron chi connectivity index (χ4n) is 3.41. The Morgan fingerprint density at radius 1 is 1.08 bits per heavy atom. The number of esters is 1. The molecule has 0 aliphatic carbocycles. The maximum absolute atomic E-state index is 12.9. The van der Waals surface area contributed by atoms with E-state index in [1.54, 1.807) is 20.8 Å². The third-order valence-corrected chi connectivity index (χ3v) is 5.06. The largest absolute Gasteiger partial charge is 0.444 e. The molecule has 0 saturated carbocycles. The Labute approximate surface area is 213 Å². The number of nitro groups is 1. The molecular weight excluding hydrogens is 490 g/mol. The van der Waals surface area contributed by atoms with Gasteiger partial charge in [0.1, 0.15) is 30.0 Å². The van der Waals surface area contributed by atoms with Gasteiger partial charge in [0, 0.05) is 18.7 Å². The fourth-order valence-corrected chi connectivity index (χ4v) is 3.41. The van der Waals surface area contributed by atoms with Gasteiger partial charge in [0.2, 0.25) is 17.7 Å². The Bertz CT molecular complexity index is 1040. The van der Waals surface area contributed by atoms with Gasteiger partial charge in [0.25, 0.3) is 5.69 Å². The minimum Gasteiger partial charge on any atom is -0.444 e. The van der Waals surface area contributed by atoms with Gasteiger partial charge in [0.15, 0.2) is 0 Å². The summed E-state index contributed by atoms with van der Waals surface area (Å²) in [7, 11) is 0. The second-order valence-corrected chi connectivity index (χ2v) is 9.28. The molecule has 1 aromatic carbocycles. The number of carbonyl (C=O) groups excluding carboxylic acids is 5. The molecule has 1 aliphatic heterocycles. The van der Waals surface area contributed by atoms with Crippen molar-refractivity contribution in [3.63, 3.8) is 0 Å². The maximum atomic E-state index is 12.9. The van der Waals surface area contributed by atoms with Crippen molar-refractivity contribution in [2.45, 2.75) is 58.2 Å². The van der Waals surface area contributed by atoms with Crippen LogP contribution < -0.4 is 20.7 Å². The van der Waals surface area contributed by atoms with Crippen LogP contribution in [0, 0.1) is 10.1 Å². The molecule has 1 saturated heterocycles. The fraction of sp³-hybridized carbons (Fsp3) is 0.522. The van der Waals surface area contributed by atoms with E-state index in [2.05, 4.69) is 16.0 Å². The first-order valence-corrected chi connectivity index (χ1v) is 11.6. The number of hydrogen-bond acceptors (Lipinski definition) is 9. The summed E-state index contributed by atoms with van der Waals surface area (Å²) in [4.78, 5) is 72.6. The van der Waals surface area contributed by atoms with Crippen molar-refractivity contribution < 1.29 is 38.4 Å². The van der Waals surface area contributed by atoms with Crippen molar-refractivity contribution in [2.75, 3.05) is 19.6 Å². The molecule has 14 nitrogen and oxygen atoms in total. The van der Waals surface area contributed by atoms with Crippen molar-refractivity contribution in [3.05, 3.63) is 34.4 Å². The van der Waals surface area contributed by atoms with Crippen LogP contribution in [0.5, 0.6) is 5.75 Å². The van der Waals surface area contributed by atoms with Gasteiger partial charge in [-0.1, -0.05) is 0 Å². The lowest BCUT2D eigenvalue weighted by atomic mass is 10.2. The van der Waals surface area contributed by atoms with Crippen molar-refractivity contribution in [1.29, 1.82) is 0 Å². The maximum Gasteiger partial charge on any atom is 0.408 e. The highest BCUT2D eigenvalue weighted by Crippen LogP contribution is 2.23. The number of alkyl carbamates (subject to hydrolysis) is 1. The van der Waals surface area contributed by atoms with E-state index in [9.17, 15) is 34.1 Å². The van der Waals surface area contributed by atoms with Gasteiger partial charge in [-0.15, -0.1) is 0 Å². The predicted octanol–water partition coefficient (Wildman–Crippen LogP) is 0.637. The van der Waals surface area contributed by atoms with E-state index in [-0.39, 0.29) is 18.0 Å². The van der Waals surface area contributed by atoms with Crippen LogP contribution >= 0.6 is 0 Å². The molecule has 0 radical (unpaired) electrons. The normalized spacial score (nSPS) is 15.8. The molecule has 2 rings (SSSR count). The van der Waals surface area contributed by atoms with Crippen LogP contribution in [-0.4, -0.2) is 76.9 Å². The number of likely N-dealkylation sites (tertiary alicyclic amines) is 1. The van der Waals surface area contributed by atoms with Crippen molar-refractivity contribution >= 4 is 35.5 Å². The van der Waals surface area contributed by atoms with E-state index in [1.165, 1.54) is 36.1 Å². The first-order valence-electron chi connectivity index (χ1n) is 11.6. The highest BCUT2D eigenvalue weighted by atomic mass is 16.6. The summed E-state index contributed by atoms with van der Waals surface area (Å²) in [6, 6.07) is 3.11.